The molecular formula is C30H38B9Cl7I4N12O11PS-3. The van der Waals surface area contributed by atoms with Crippen LogP contribution >= 0.6 is 176 Å². The number of ether oxygens (including phenoxy) is 4. The van der Waals surface area contributed by atoms with Gasteiger partial charge in [-0.1, -0.05) is 11.6 Å². The van der Waals surface area contributed by atoms with E-state index in [0.717, 1.165) is 41.1 Å². The topological polar surface area (TPSA) is 319 Å². The number of imidazole rings is 2. The summed E-state index contributed by atoms with van der Waals surface area (Å²) in [6.45, 7) is 2.84. The number of fused-ring (bicyclic) bond motifs is 2. The molecule has 0 aliphatic rings. The smallest absolute Gasteiger partial charge is 0.394 e. The van der Waals surface area contributed by atoms with Crippen molar-refractivity contribution >= 4 is 271 Å². The van der Waals surface area contributed by atoms with Gasteiger partial charge in [-0.05, 0) is 174 Å². The Labute approximate surface area is 533 Å². The zero-order valence-corrected chi connectivity index (χ0v) is 54.9. The van der Waals surface area contributed by atoms with Gasteiger partial charge in [-0.15, -0.1) is 0 Å². The summed E-state index contributed by atoms with van der Waals surface area (Å²) in [7, 11) is 31.6. The van der Waals surface area contributed by atoms with Crippen LogP contribution in [0.1, 0.15) is 6.92 Å². The lowest BCUT2D eigenvalue weighted by molar-refractivity contribution is -0.0940. The van der Waals surface area contributed by atoms with E-state index in [-0.39, 0.29) is 35.4 Å². The molecule has 0 aliphatic carbocycles. The number of halogens is 11. The van der Waals surface area contributed by atoms with Crippen LogP contribution in [0, 0.1) is 14.3 Å². The highest BCUT2D eigenvalue weighted by Crippen LogP contribution is 2.61. The molecule has 0 fully saturated rings. The van der Waals surface area contributed by atoms with E-state index in [2.05, 4.69) is 193 Å². The number of methoxy groups -OCH3 is 4. The van der Waals surface area contributed by atoms with Gasteiger partial charge in [0.05, 0.1) is 20.8 Å². The van der Waals surface area contributed by atoms with Crippen molar-refractivity contribution in [2.75, 3.05) is 53.5 Å². The van der Waals surface area contributed by atoms with E-state index >= 15 is 0 Å². The molecule has 0 amide bonds. The molecule has 7 N–H and O–H groups in total. The van der Waals surface area contributed by atoms with Crippen LogP contribution in [0.2, 0.25) is 21.0 Å². The summed E-state index contributed by atoms with van der Waals surface area (Å²) < 4.78 is 67.4. The first-order valence-electron chi connectivity index (χ1n) is 18.6. The Balaban J connectivity index is -0.000000251. The number of aliphatic hydroxyl groups excluding tert-OH is 1. The lowest BCUT2D eigenvalue weighted by Crippen LogP contribution is -2.24. The van der Waals surface area contributed by atoms with Gasteiger partial charge >= 0.3 is 21.3 Å². The summed E-state index contributed by atoms with van der Waals surface area (Å²) >= 11 is 44.7. The van der Waals surface area contributed by atoms with Gasteiger partial charge in [-0.25, -0.2) is 34.7 Å². The van der Waals surface area contributed by atoms with Crippen LogP contribution < -0.4 is 16.7 Å². The number of hydrogen-bond donors (Lipinski definition) is 6. The maximum absolute atomic E-state index is 11.1. The van der Waals surface area contributed by atoms with Crippen molar-refractivity contribution in [2.24, 2.45) is 5.73 Å². The predicted molar refractivity (Wildman–Crippen MR) is 341 cm³/mol. The lowest BCUT2D eigenvalue weighted by atomic mass is 9.40. The number of aliphatic hydroxyl groups is 1. The number of rotatable bonds is 8. The molecule has 18 radical (unpaired) electrons. The molecule has 402 valence electrons. The Morgan fingerprint density at radius 3 is 1.51 bits per heavy atom. The van der Waals surface area contributed by atoms with Crippen LogP contribution in [0.15, 0.2) is 54.4 Å². The van der Waals surface area contributed by atoms with E-state index in [1.807, 2.05) is 22.6 Å². The fourth-order valence-corrected chi connectivity index (χ4v) is 5.72. The maximum atomic E-state index is 11.1. The Morgan fingerprint density at radius 2 is 1.16 bits per heavy atom. The van der Waals surface area contributed by atoms with Gasteiger partial charge in [0.25, 0.3) is 0 Å². The number of nitrogens with zero attached hydrogens (tertiary/aromatic N) is 9. The standard InChI is InChI=1S/C8H11ClIN3O2.C6H3ClIN3.C6H4IN3O.C4HCl2IN2.C4H11NO2.C2H6O.3B3.Cl3OP.H2O4S/c1-14-6(15-2)4-11-7-5(10)3-12-8(9)13-7;7-6-10-3-4(8)5-9-1-2-11(5)6;7-4-3-9-6(11)10-2-1-8-5(4)10;5-3-2(7)1-8-4(6)9-3;1-6-4(3-5)7-2;1-2-3;3*1-3-2;2*1-5(2,3)4/h3,6H,4H2,1-2H3,(H,11,12,13);1-3H;1-3H,(H,9,11);1H;4H,3,5H2,1-2H3;3H,2H2,1H3;;;;;(H2,1,2,3,4)/q;;;;;;;-2;-1;;. The van der Waals surface area contributed by atoms with Crippen LogP contribution in [0.5, 0.6) is 0 Å². The second-order valence-corrected chi connectivity index (χ2v) is 24.4. The summed E-state index contributed by atoms with van der Waals surface area (Å²) in [5.41, 5.74) is 6.54. The minimum absolute atomic E-state index is 0.155. The predicted octanol–water partition coefficient (Wildman–Crippen LogP) is 5.06. The van der Waals surface area contributed by atoms with Crippen LogP contribution in [-0.4, -0.2) is 200 Å². The fourth-order valence-electron chi connectivity index (χ4n) is 3.29. The van der Waals surface area contributed by atoms with Crippen molar-refractivity contribution in [1.82, 2.24) is 48.7 Å². The third-order valence-electron chi connectivity index (χ3n) is 5.80. The van der Waals surface area contributed by atoms with Crippen molar-refractivity contribution in [1.29, 1.82) is 0 Å². The molecule has 45 heteroatoms. The molecule has 75 heavy (non-hydrogen) atoms. The molecule has 23 nitrogen and oxygen atoms in total. The molecule has 0 spiro atoms. The Hall–Kier alpha value is 0.394. The number of anilines is 1. The minimum atomic E-state index is -4.67. The van der Waals surface area contributed by atoms with Crippen molar-refractivity contribution in [2.45, 2.75) is 19.5 Å². The average Bonchev–Trinajstić information content (AvgIpc) is 4.04. The van der Waals surface area contributed by atoms with Crippen LogP contribution in [-0.2, 0) is 33.9 Å². The normalized spacial score (nSPS) is 9.72. The molecular weight excluding hydrogens is 1620 g/mol. The van der Waals surface area contributed by atoms with Crippen molar-refractivity contribution < 1.29 is 46.1 Å². The number of aromatic amines is 1. The molecule has 0 saturated carbocycles. The number of nitrogens with two attached hydrogens (primary N) is 1. The lowest BCUT2D eigenvalue weighted by Gasteiger charge is -2.14. The first kappa shape index (κ1) is 84.2. The second kappa shape index (κ2) is 52.5. The van der Waals surface area contributed by atoms with Crippen molar-refractivity contribution in [3.63, 3.8) is 0 Å². The second-order valence-electron chi connectivity index (χ2n) is 10.8. The SMILES string of the molecule is CCO.COC(CN)OC.COC(CNc1nc(Cl)ncc1I)OC.Clc1ncc(I)c(Cl)n1.Clc1ncc(I)c2nccn12.O=P(Cl)(Cl)Cl.O=S(=O)(O)O.O=c1[nH]cc(I)c2nccn12.[B-][B][B-].[B][B][B-].[B][B][B]. The van der Waals surface area contributed by atoms with E-state index in [1.54, 1.807) is 89.3 Å². The molecule has 0 bridgehead atoms. The maximum Gasteiger partial charge on any atom is 0.394 e. The Kier molecular flexibility index (Phi) is 58.9. The van der Waals surface area contributed by atoms with E-state index < -0.39 is 15.6 Å². The highest BCUT2D eigenvalue weighted by atomic mass is 127. The molecule has 6 aromatic rings. The zero-order valence-electron chi connectivity index (χ0n) is 39.3. The highest BCUT2D eigenvalue weighted by Gasteiger charge is 2.08. The van der Waals surface area contributed by atoms with Gasteiger partial charge in [-0.2, -0.15) is 13.4 Å². The van der Waals surface area contributed by atoms with E-state index in [9.17, 15) is 9.36 Å². The molecule has 6 rings (SSSR count). The van der Waals surface area contributed by atoms with Crippen LogP contribution in [0.25, 0.3) is 11.3 Å². The number of nitrogens with one attached hydrogen (secondary N) is 2. The van der Waals surface area contributed by atoms with Gasteiger partial charge in [0.1, 0.15) is 11.0 Å². The highest BCUT2D eigenvalue weighted by molar-refractivity contribution is 14.1. The largest absolute Gasteiger partial charge is 0.734 e. The van der Waals surface area contributed by atoms with Crippen molar-refractivity contribution in [3.8, 4) is 0 Å². The van der Waals surface area contributed by atoms with Gasteiger partial charge in [0.15, 0.2) is 23.9 Å². The first-order valence-corrected chi connectivity index (χ1v) is 30.3. The third kappa shape index (κ3) is 51.0. The summed E-state index contributed by atoms with van der Waals surface area (Å²) in [4.78, 5) is 41.0. The average molecular weight is 1660 g/mol. The summed E-state index contributed by atoms with van der Waals surface area (Å²) in [5.74, 6) is 0.676. The monoisotopic (exact) mass is 1660 g/mol. The van der Waals surface area contributed by atoms with Gasteiger partial charge in [0.2, 0.25) is 15.9 Å². The molecule has 0 saturated heterocycles. The van der Waals surface area contributed by atoms with E-state index in [0.29, 0.717) is 35.0 Å². The summed E-state index contributed by atoms with van der Waals surface area (Å²) in [5, 5.41) is 8.64. The number of hydrogen-bond acceptors (Lipinski definition) is 18. The zero-order chi connectivity index (χ0) is 59.3. The molecule has 0 aromatic carbocycles. The Morgan fingerprint density at radius 1 is 0.787 bits per heavy atom. The van der Waals surface area contributed by atoms with Crippen LogP contribution in [0.3, 0.4) is 0 Å². The minimum Gasteiger partial charge on any atom is -0.734 e. The quantitative estimate of drug-likeness (QED) is 0.0221. The fraction of sp³-hybridized carbons (Fsp3) is 0.333. The van der Waals surface area contributed by atoms with Gasteiger partial charge in [-0.3, -0.25) is 29.5 Å². The third-order valence-corrected chi connectivity index (χ3v) is 10.2. The van der Waals surface area contributed by atoms with Crippen LogP contribution in [0.4, 0.5) is 5.82 Å². The molecule has 0 unspecified atom stereocenters. The van der Waals surface area contributed by atoms with E-state index in [1.165, 1.54) is 4.40 Å². The van der Waals surface area contributed by atoms with Gasteiger partial charge in [0, 0.05) is 114 Å². The molecule has 6 heterocycles. The van der Waals surface area contributed by atoms with E-state index in [4.69, 9.17) is 93.7 Å². The molecule has 0 aliphatic heterocycles. The number of H-pyrrole nitrogens is 1. The first-order chi connectivity index (χ1) is 34.9. The Bertz CT molecular complexity index is 2540. The molecule has 0 atom stereocenters. The summed E-state index contributed by atoms with van der Waals surface area (Å²) in [6.07, 6.45) is 12.7. The van der Waals surface area contributed by atoms with Crippen molar-refractivity contribution in [3.05, 3.63) is 95.3 Å². The number of aromatic nitrogens is 10. The molecule has 6 aromatic heterocycles. The van der Waals surface area contributed by atoms with Gasteiger partial charge < -0.3 is 70.4 Å². The summed E-state index contributed by atoms with van der Waals surface area (Å²) in [6, 6.07) is 0.